The summed E-state index contributed by atoms with van der Waals surface area (Å²) in [6.07, 6.45) is 5.16. The minimum absolute atomic E-state index is 0.485. The minimum atomic E-state index is 0.485. The lowest BCUT2D eigenvalue weighted by atomic mass is 10.00. The largest absolute Gasteiger partial charge is 0.297 e. The standard InChI is InChI=1S/C12H23N3S/c1-9-7-8-16-12(13-9)14-15-10(2)5-4-6-11(15)3/h9-11H,4-8H2,1-3H3,(H,13,14). The van der Waals surface area contributed by atoms with Crippen LogP contribution in [0.1, 0.15) is 46.5 Å². The predicted molar refractivity (Wildman–Crippen MR) is 71.7 cm³/mol. The van der Waals surface area contributed by atoms with Crippen LogP contribution in [0.5, 0.6) is 0 Å². The minimum Gasteiger partial charge on any atom is -0.297 e. The third-order valence-corrected chi connectivity index (χ3v) is 4.44. The molecule has 16 heavy (non-hydrogen) atoms. The summed E-state index contributed by atoms with van der Waals surface area (Å²) in [6.45, 7) is 6.81. The highest BCUT2D eigenvalue weighted by atomic mass is 32.2. The summed E-state index contributed by atoms with van der Waals surface area (Å²) in [5.41, 5.74) is 3.53. The molecule has 0 aromatic heterocycles. The molecular weight excluding hydrogens is 218 g/mol. The Balaban J connectivity index is 1.96. The molecule has 3 unspecified atom stereocenters. The SMILES string of the molecule is CC1CCSC(NN2C(C)CCCC2C)=N1. The number of hydrazine groups is 1. The van der Waals surface area contributed by atoms with Gasteiger partial charge in [-0.2, -0.15) is 0 Å². The number of rotatable bonds is 1. The molecule has 2 aliphatic rings. The second kappa shape index (κ2) is 5.41. The average Bonchev–Trinajstić information content (AvgIpc) is 2.24. The van der Waals surface area contributed by atoms with Gasteiger partial charge in [0.1, 0.15) is 0 Å². The topological polar surface area (TPSA) is 27.6 Å². The van der Waals surface area contributed by atoms with Crippen LogP contribution in [0.15, 0.2) is 4.99 Å². The van der Waals surface area contributed by atoms with Crippen molar-refractivity contribution in [3.63, 3.8) is 0 Å². The molecule has 1 fully saturated rings. The fraction of sp³-hybridized carbons (Fsp3) is 0.917. The van der Waals surface area contributed by atoms with Gasteiger partial charge in [0.25, 0.3) is 0 Å². The molecule has 0 radical (unpaired) electrons. The van der Waals surface area contributed by atoms with Crippen molar-refractivity contribution in [3.05, 3.63) is 0 Å². The highest BCUT2D eigenvalue weighted by molar-refractivity contribution is 8.13. The average molecular weight is 241 g/mol. The highest BCUT2D eigenvalue weighted by Gasteiger charge is 2.26. The van der Waals surface area contributed by atoms with Crippen molar-refractivity contribution in [2.75, 3.05) is 5.75 Å². The molecular formula is C12H23N3S. The molecule has 0 aliphatic carbocycles. The molecule has 92 valence electrons. The van der Waals surface area contributed by atoms with Gasteiger partial charge in [-0.3, -0.25) is 10.4 Å². The van der Waals surface area contributed by atoms with Gasteiger partial charge in [-0.05, 0) is 40.0 Å². The van der Waals surface area contributed by atoms with Crippen molar-refractivity contribution in [2.24, 2.45) is 4.99 Å². The van der Waals surface area contributed by atoms with E-state index in [0.29, 0.717) is 18.1 Å². The van der Waals surface area contributed by atoms with E-state index in [4.69, 9.17) is 0 Å². The number of nitrogens with zero attached hydrogens (tertiary/aromatic N) is 2. The molecule has 2 aliphatic heterocycles. The smallest absolute Gasteiger partial charge is 0.171 e. The number of amidine groups is 1. The molecule has 2 heterocycles. The first kappa shape index (κ1) is 12.2. The maximum absolute atomic E-state index is 4.67. The summed E-state index contributed by atoms with van der Waals surface area (Å²) in [5.74, 6) is 1.20. The zero-order valence-corrected chi connectivity index (χ0v) is 11.4. The molecule has 3 atom stereocenters. The van der Waals surface area contributed by atoms with Gasteiger partial charge in [-0.25, -0.2) is 5.01 Å². The van der Waals surface area contributed by atoms with Gasteiger partial charge < -0.3 is 0 Å². The van der Waals surface area contributed by atoms with Gasteiger partial charge in [-0.15, -0.1) is 0 Å². The normalized spacial score (nSPS) is 36.9. The van der Waals surface area contributed by atoms with E-state index in [2.05, 4.69) is 36.2 Å². The van der Waals surface area contributed by atoms with Crippen LogP contribution in [0.2, 0.25) is 0 Å². The van der Waals surface area contributed by atoms with E-state index in [-0.39, 0.29) is 0 Å². The second-order valence-corrected chi connectivity index (χ2v) is 6.15. The summed E-state index contributed by atoms with van der Waals surface area (Å²) >= 11 is 1.86. The number of aliphatic imine (C=N–C) groups is 1. The molecule has 3 nitrogen and oxygen atoms in total. The van der Waals surface area contributed by atoms with Crippen molar-refractivity contribution >= 4 is 16.9 Å². The maximum atomic E-state index is 4.67. The lowest BCUT2D eigenvalue weighted by Crippen LogP contribution is -2.54. The summed E-state index contributed by atoms with van der Waals surface area (Å²) in [6, 6.07) is 1.74. The Morgan fingerprint density at radius 1 is 1.19 bits per heavy atom. The van der Waals surface area contributed by atoms with Crippen LogP contribution >= 0.6 is 11.8 Å². The zero-order valence-electron chi connectivity index (χ0n) is 10.6. The molecule has 0 aromatic carbocycles. The molecule has 1 saturated heterocycles. The Morgan fingerprint density at radius 3 is 2.50 bits per heavy atom. The van der Waals surface area contributed by atoms with Crippen LogP contribution < -0.4 is 5.43 Å². The fourth-order valence-corrected chi connectivity index (χ4v) is 3.52. The van der Waals surface area contributed by atoms with Crippen molar-refractivity contribution in [1.82, 2.24) is 10.4 Å². The Hall–Kier alpha value is -0.220. The predicted octanol–water partition coefficient (Wildman–Crippen LogP) is 2.64. The van der Waals surface area contributed by atoms with Gasteiger partial charge >= 0.3 is 0 Å². The first-order valence-corrected chi connectivity index (χ1v) is 7.41. The van der Waals surface area contributed by atoms with Crippen LogP contribution in [0.25, 0.3) is 0 Å². The first-order chi connectivity index (χ1) is 7.66. The molecule has 0 amide bonds. The van der Waals surface area contributed by atoms with Gasteiger partial charge in [0.05, 0.1) is 6.04 Å². The lowest BCUT2D eigenvalue weighted by molar-refractivity contribution is 0.0750. The van der Waals surface area contributed by atoms with E-state index < -0.39 is 0 Å². The Labute approximate surface area is 103 Å². The molecule has 4 heteroatoms. The maximum Gasteiger partial charge on any atom is 0.171 e. The quantitative estimate of drug-likeness (QED) is 0.765. The molecule has 0 saturated carbocycles. The van der Waals surface area contributed by atoms with Crippen LogP contribution in [0, 0.1) is 0 Å². The van der Waals surface area contributed by atoms with Gasteiger partial charge in [-0.1, -0.05) is 18.2 Å². The zero-order chi connectivity index (χ0) is 11.5. The van der Waals surface area contributed by atoms with Crippen molar-refractivity contribution in [3.8, 4) is 0 Å². The van der Waals surface area contributed by atoms with E-state index in [9.17, 15) is 0 Å². The van der Waals surface area contributed by atoms with Crippen molar-refractivity contribution in [2.45, 2.75) is 64.6 Å². The van der Waals surface area contributed by atoms with Crippen LogP contribution in [-0.2, 0) is 0 Å². The molecule has 0 aromatic rings. The Kier molecular flexibility index (Phi) is 4.14. The third kappa shape index (κ3) is 2.92. The lowest BCUT2D eigenvalue weighted by Gasteiger charge is -2.40. The summed E-state index contributed by atoms with van der Waals surface area (Å²) in [4.78, 5) is 4.67. The number of nitrogens with one attached hydrogen (secondary N) is 1. The van der Waals surface area contributed by atoms with E-state index in [0.717, 1.165) is 5.17 Å². The van der Waals surface area contributed by atoms with E-state index in [1.165, 1.54) is 31.4 Å². The summed E-state index contributed by atoms with van der Waals surface area (Å²) < 4.78 is 0. The summed E-state index contributed by atoms with van der Waals surface area (Å²) in [7, 11) is 0. The summed E-state index contributed by atoms with van der Waals surface area (Å²) in [5, 5.41) is 3.52. The third-order valence-electron chi connectivity index (χ3n) is 3.53. The fourth-order valence-electron chi connectivity index (χ4n) is 2.44. The van der Waals surface area contributed by atoms with Crippen molar-refractivity contribution < 1.29 is 0 Å². The number of hydrogen-bond donors (Lipinski definition) is 1. The van der Waals surface area contributed by atoms with E-state index >= 15 is 0 Å². The van der Waals surface area contributed by atoms with Gasteiger partial charge in [0.15, 0.2) is 5.17 Å². The van der Waals surface area contributed by atoms with Crippen LogP contribution in [-0.4, -0.2) is 34.1 Å². The Morgan fingerprint density at radius 2 is 1.88 bits per heavy atom. The number of hydrogen-bond acceptors (Lipinski definition) is 4. The van der Waals surface area contributed by atoms with Crippen LogP contribution in [0.4, 0.5) is 0 Å². The highest BCUT2D eigenvalue weighted by Crippen LogP contribution is 2.22. The van der Waals surface area contributed by atoms with Gasteiger partial charge in [0, 0.05) is 17.8 Å². The Bertz CT molecular complexity index is 257. The molecule has 0 spiro atoms. The molecule has 1 N–H and O–H groups in total. The van der Waals surface area contributed by atoms with E-state index in [1.54, 1.807) is 0 Å². The van der Waals surface area contributed by atoms with Crippen molar-refractivity contribution in [1.29, 1.82) is 0 Å². The van der Waals surface area contributed by atoms with Gasteiger partial charge in [0.2, 0.25) is 0 Å². The second-order valence-electron chi connectivity index (χ2n) is 5.07. The number of thioether (sulfide) groups is 1. The first-order valence-electron chi connectivity index (χ1n) is 6.42. The van der Waals surface area contributed by atoms with Crippen LogP contribution in [0.3, 0.4) is 0 Å². The van der Waals surface area contributed by atoms with E-state index in [1.807, 2.05) is 11.8 Å². The molecule has 0 bridgehead atoms. The monoisotopic (exact) mass is 241 g/mol. The molecule has 2 rings (SSSR count). The number of piperidine rings is 1.